The third-order valence-electron chi connectivity index (χ3n) is 4.91. The smallest absolute Gasteiger partial charge is 0.270 e. The van der Waals surface area contributed by atoms with Crippen LogP contribution in [0.2, 0.25) is 0 Å². The summed E-state index contributed by atoms with van der Waals surface area (Å²) in [6, 6.07) is 6.25. The number of halogens is 2. The van der Waals surface area contributed by atoms with E-state index >= 15 is 0 Å². The van der Waals surface area contributed by atoms with Gasteiger partial charge in [-0.2, -0.15) is 0 Å². The summed E-state index contributed by atoms with van der Waals surface area (Å²) in [6.07, 6.45) is 3.27. The molecule has 0 aliphatic heterocycles. The van der Waals surface area contributed by atoms with Gasteiger partial charge in [0.25, 0.3) is 5.91 Å². The Labute approximate surface area is 186 Å². The summed E-state index contributed by atoms with van der Waals surface area (Å²) in [7, 11) is 0. The highest BCUT2D eigenvalue weighted by atomic mass is 32.1. The molecule has 32 heavy (non-hydrogen) atoms. The number of nitrogens with zero attached hydrogens (tertiary/aromatic N) is 3. The molecule has 0 radical (unpaired) electrons. The van der Waals surface area contributed by atoms with Crippen LogP contribution < -0.4 is 10.1 Å². The number of amides is 1. The Morgan fingerprint density at radius 3 is 2.66 bits per heavy atom. The zero-order valence-electron chi connectivity index (χ0n) is 17.3. The molecule has 0 saturated heterocycles. The van der Waals surface area contributed by atoms with Crippen LogP contribution in [0.1, 0.15) is 37.7 Å². The van der Waals surface area contributed by atoms with Crippen LogP contribution in [-0.2, 0) is 6.61 Å². The summed E-state index contributed by atoms with van der Waals surface area (Å²) in [5.74, 6) is -1.57. The number of thiazole rings is 1. The molecule has 7 nitrogen and oxygen atoms in total. The summed E-state index contributed by atoms with van der Waals surface area (Å²) in [4.78, 5) is 22.3. The molecule has 166 valence electrons. The summed E-state index contributed by atoms with van der Waals surface area (Å²) in [5.41, 5.74) is 0.845. The van der Waals surface area contributed by atoms with Crippen LogP contribution in [0.3, 0.4) is 0 Å². The quantitative estimate of drug-likeness (QED) is 0.441. The van der Waals surface area contributed by atoms with Crippen molar-refractivity contribution in [3.8, 4) is 5.75 Å². The Morgan fingerprint density at radius 1 is 1.25 bits per heavy atom. The number of benzene rings is 1. The SMILES string of the molecule is Cc1ncc([C@H](CO)NC(=O)c2c(C)nc3c(OCc4c(F)cccc4F)cccn23)s1. The number of carbonyl (C=O) groups is 1. The van der Waals surface area contributed by atoms with E-state index in [0.29, 0.717) is 11.3 Å². The van der Waals surface area contributed by atoms with E-state index in [1.54, 1.807) is 35.9 Å². The number of fused-ring (bicyclic) bond motifs is 1. The lowest BCUT2D eigenvalue weighted by Gasteiger charge is -2.14. The molecule has 0 aliphatic rings. The minimum absolute atomic E-state index is 0.193. The second-order valence-corrected chi connectivity index (χ2v) is 8.36. The fraction of sp³-hybridized carbons (Fsp3) is 0.227. The molecule has 3 aromatic heterocycles. The van der Waals surface area contributed by atoms with Crippen molar-refractivity contribution in [2.45, 2.75) is 26.5 Å². The van der Waals surface area contributed by atoms with E-state index in [1.165, 1.54) is 17.4 Å². The highest BCUT2D eigenvalue weighted by molar-refractivity contribution is 7.11. The van der Waals surface area contributed by atoms with Gasteiger partial charge in [0.2, 0.25) is 0 Å². The van der Waals surface area contributed by atoms with Crippen LogP contribution in [0.4, 0.5) is 8.78 Å². The maximum absolute atomic E-state index is 13.9. The van der Waals surface area contributed by atoms with Crippen molar-refractivity contribution in [1.82, 2.24) is 19.7 Å². The Morgan fingerprint density at radius 2 is 2.00 bits per heavy atom. The second-order valence-electron chi connectivity index (χ2n) is 7.09. The lowest BCUT2D eigenvalue weighted by molar-refractivity contribution is 0.0910. The minimum Gasteiger partial charge on any atom is -0.485 e. The number of aromatic nitrogens is 3. The number of ether oxygens (including phenoxy) is 1. The maximum Gasteiger partial charge on any atom is 0.270 e. The van der Waals surface area contributed by atoms with Crippen molar-refractivity contribution in [2.24, 2.45) is 0 Å². The van der Waals surface area contributed by atoms with Crippen molar-refractivity contribution in [1.29, 1.82) is 0 Å². The second kappa shape index (κ2) is 9.01. The van der Waals surface area contributed by atoms with Gasteiger partial charge >= 0.3 is 0 Å². The van der Waals surface area contributed by atoms with Gasteiger partial charge in [0.1, 0.15) is 23.9 Å². The molecule has 0 fully saturated rings. The van der Waals surface area contributed by atoms with Gasteiger partial charge in [-0.25, -0.2) is 18.7 Å². The summed E-state index contributed by atoms with van der Waals surface area (Å²) < 4.78 is 35.0. The van der Waals surface area contributed by atoms with E-state index in [4.69, 9.17) is 4.74 Å². The predicted octanol–water partition coefficient (Wildman–Crippen LogP) is 3.73. The van der Waals surface area contributed by atoms with Crippen molar-refractivity contribution in [3.63, 3.8) is 0 Å². The molecule has 2 N–H and O–H groups in total. The Kier molecular flexibility index (Phi) is 6.15. The number of hydrogen-bond acceptors (Lipinski definition) is 6. The molecule has 0 unspecified atom stereocenters. The van der Waals surface area contributed by atoms with Gasteiger partial charge in [-0.15, -0.1) is 11.3 Å². The molecule has 0 aliphatic carbocycles. The average molecular weight is 458 g/mol. The molecule has 1 atom stereocenters. The zero-order chi connectivity index (χ0) is 22.8. The van der Waals surface area contributed by atoms with Gasteiger partial charge in [-0.3, -0.25) is 9.20 Å². The Bertz CT molecular complexity index is 1270. The number of nitrogens with one attached hydrogen (secondary N) is 1. The normalized spacial score (nSPS) is 12.2. The molecule has 4 rings (SSSR count). The first-order valence-electron chi connectivity index (χ1n) is 9.76. The minimum atomic E-state index is -0.704. The van der Waals surface area contributed by atoms with Crippen LogP contribution in [0.15, 0.2) is 42.7 Å². The highest BCUT2D eigenvalue weighted by Crippen LogP contribution is 2.25. The molecule has 1 amide bonds. The number of imidazole rings is 1. The van der Waals surface area contributed by atoms with Gasteiger partial charge in [-0.1, -0.05) is 6.07 Å². The van der Waals surface area contributed by atoms with Crippen LogP contribution in [0.25, 0.3) is 5.65 Å². The van der Waals surface area contributed by atoms with E-state index in [1.807, 2.05) is 6.92 Å². The number of carbonyl (C=O) groups excluding carboxylic acids is 1. The fourth-order valence-corrected chi connectivity index (χ4v) is 4.16. The highest BCUT2D eigenvalue weighted by Gasteiger charge is 2.23. The lowest BCUT2D eigenvalue weighted by atomic mass is 10.2. The monoisotopic (exact) mass is 458 g/mol. The van der Waals surface area contributed by atoms with Gasteiger partial charge < -0.3 is 15.2 Å². The van der Waals surface area contributed by atoms with Gasteiger partial charge in [0.05, 0.1) is 28.9 Å². The van der Waals surface area contributed by atoms with E-state index < -0.39 is 23.6 Å². The average Bonchev–Trinajstić information content (AvgIpc) is 3.34. The maximum atomic E-state index is 13.9. The number of hydrogen-bond donors (Lipinski definition) is 2. The largest absolute Gasteiger partial charge is 0.485 e. The Hall–Kier alpha value is -3.37. The van der Waals surface area contributed by atoms with Gasteiger partial charge in [-0.05, 0) is 38.1 Å². The third-order valence-corrected chi connectivity index (χ3v) is 5.93. The van der Waals surface area contributed by atoms with Gasteiger partial charge in [0, 0.05) is 17.3 Å². The number of rotatable bonds is 7. The summed E-state index contributed by atoms with van der Waals surface area (Å²) in [5, 5.41) is 13.4. The van der Waals surface area contributed by atoms with E-state index in [9.17, 15) is 18.7 Å². The molecule has 4 aromatic rings. The van der Waals surface area contributed by atoms with Crippen molar-refractivity contribution < 1.29 is 23.4 Å². The first kappa shape index (κ1) is 21.8. The molecule has 0 bridgehead atoms. The number of aliphatic hydroxyl groups is 1. The molecular formula is C22H20F2N4O3S. The summed E-state index contributed by atoms with van der Waals surface area (Å²) in [6.45, 7) is 2.90. The lowest BCUT2D eigenvalue weighted by Crippen LogP contribution is -2.31. The van der Waals surface area contributed by atoms with Crippen LogP contribution >= 0.6 is 11.3 Å². The van der Waals surface area contributed by atoms with Crippen molar-refractivity contribution in [3.05, 3.63) is 81.2 Å². The Balaban J connectivity index is 1.61. The van der Waals surface area contributed by atoms with E-state index in [-0.39, 0.29) is 30.2 Å². The van der Waals surface area contributed by atoms with E-state index in [0.717, 1.165) is 22.0 Å². The first-order valence-corrected chi connectivity index (χ1v) is 10.6. The van der Waals surface area contributed by atoms with E-state index in [2.05, 4.69) is 15.3 Å². The molecular weight excluding hydrogens is 438 g/mol. The molecule has 1 aromatic carbocycles. The van der Waals surface area contributed by atoms with Crippen LogP contribution in [0.5, 0.6) is 5.75 Å². The zero-order valence-corrected chi connectivity index (χ0v) is 18.1. The molecule has 0 spiro atoms. The molecule has 10 heteroatoms. The summed E-state index contributed by atoms with van der Waals surface area (Å²) >= 11 is 1.39. The van der Waals surface area contributed by atoms with Gasteiger partial charge in [0.15, 0.2) is 11.4 Å². The molecule has 3 heterocycles. The first-order chi connectivity index (χ1) is 15.4. The van der Waals surface area contributed by atoms with Crippen molar-refractivity contribution >= 4 is 22.9 Å². The number of aryl methyl sites for hydroxylation is 2. The van der Waals surface area contributed by atoms with Crippen molar-refractivity contribution in [2.75, 3.05) is 6.61 Å². The number of pyridine rings is 1. The van der Waals surface area contributed by atoms with Crippen LogP contribution in [-0.4, -0.2) is 32.0 Å². The molecule has 0 saturated carbocycles. The fourth-order valence-electron chi connectivity index (χ4n) is 3.33. The van der Waals surface area contributed by atoms with Crippen LogP contribution in [0, 0.1) is 25.5 Å². The standard InChI is InChI=1S/C22H20F2N4O3S/c1-12-20(22(30)27-17(10-29)19-9-25-13(2)32-19)28-8-4-7-18(21(28)26-12)31-11-14-15(23)5-3-6-16(14)24/h3-9,17,29H,10-11H2,1-2H3,(H,27,30)/t17-/m0/s1. The number of aliphatic hydroxyl groups excluding tert-OH is 1. The topological polar surface area (TPSA) is 88.8 Å². The predicted molar refractivity (Wildman–Crippen MR) is 115 cm³/mol. The third kappa shape index (κ3) is 4.19.